The van der Waals surface area contributed by atoms with E-state index in [1.165, 1.54) is 16.8 Å². The molecule has 3 aromatic rings. The molecular formula is C23H26N6O. The monoisotopic (exact) mass is 402 g/mol. The second-order valence-electron chi connectivity index (χ2n) is 7.76. The van der Waals surface area contributed by atoms with E-state index >= 15 is 0 Å². The average Bonchev–Trinajstić information content (AvgIpc) is 3.19. The van der Waals surface area contributed by atoms with E-state index in [0.717, 1.165) is 56.5 Å². The molecule has 0 amide bonds. The molecule has 0 radical (unpaired) electrons. The molecule has 154 valence electrons. The highest BCUT2D eigenvalue weighted by molar-refractivity contribution is 6.02. The molecule has 1 aromatic heterocycles. The van der Waals surface area contributed by atoms with Crippen LogP contribution in [0.4, 0.5) is 11.5 Å². The summed E-state index contributed by atoms with van der Waals surface area (Å²) in [6.45, 7) is 7.00. The molecule has 1 saturated heterocycles. The van der Waals surface area contributed by atoms with E-state index in [4.69, 9.17) is 9.73 Å². The Bertz CT molecular complexity index is 1040. The number of nitrogens with zero attached hydrogens (tertiary/aromatic N) is 4. The van der Waals surface area contributed by atoms with Gasteiger partial charge in [0.15, 0.2) is 11.7 Å². The van der Waals surface area contributed by atoms with Gasteiger partial charge in [-0.25, -0.2) is 10.0 Å². The number of aliphatic imine (C=N–C) groups is 1. The predicted octanol–water partition coefficient (Wildman–Crippen LogP) is 3.15. The van der Waals surface area contributed by atoms with E-state index in [2.05, 4.69) is 68.0 Å². The third kappa shape index (κ3) is 4.08. The number of hydrazine groups is 1. The minimum atomic E-state index is 0.680. The van der Waals surface area contributed by atoms with Crippen LogP contribution >= 0.6 is 0 Å². The molecule has 0 spiro atoms. The van der Waals surface area contributed by atoms with Crippen molar-refractivity contribution in [1.29, 1.82) is 0 Å². The molecule has 0 aliphatic carbocycles. The first-order valence-corrected chi connectivity index (χ1v) is 10.4. The first kappa shape index (κ1) is 18.8. The number of anilines is 1. The van der Waals surface area contributed by atoms with Crippen molar-refractivity contribution in [1.82, 2.24) is 20.6 Å². The number of nitrogens with one attached hydrogen (secondary N) is 2. The average molecular weight is 403 g/mol. The maximum absolute atomic E-state index is 5.51. The van der Waals surface area contributed by atoms with E-state index < -0.39 is 0 Å². The third-order valence-corrected chi connectivity index (χ3v) is 5.48. The Hall–Kier alpha value is -3.16. The van der Waals surface area contributed by atoms with Gasteiger partial charge >= 0.3 is 0 Å². The number of aryl methyl sites for hydroxylation is 1. The fraction of sp³-hybridized carbons (Fsp3) is 0.304. The van der Waals surface area contributed by atoms with Crippen LogP contribution in [0.5, 0.6) is 0 Å². The number of fused-ring (bicyclic) bond motifs is 1. The number of hydrogen-bond donors (Lipinski definition) is 2. The maximum atomic E-state index is 5.51. The van der Waals surface area contributed by atoms with Gasteiger partial charge in [0.2, 0.25) is 0 Å². The first-order valence-electron chi connectivity index (χ1n) is 10.4. The lowest BCUT2D eigenvalue weighted by atomic mass is 10.0. The van der Waals surface area contributed by atoms with Crippen LogP contribution in [-0.4, -0.2) is 47.3 Å². The minimum Gasteiger partial charge on any atom is -0.378 e. The number of hydrogen-bond acceptors (Lipinski definition) is 5. The van der Waals surface area contributed by atoms with Crippen molar-refractivity contribution in [3.05, 3.63) is 77.0 Å². The third-order valence-electron chi connectivity index (χ3n) is 5.48. The van der Waals surface area contributed by atoms with E-state index in [1.54, 1.807) is 0 Å². The number of aromatic amines is 1. The van der Waals surface area contributed by atoms with Gasteiger partial charge in [0.1, 0.15) is 0 Å². The van der Waals surface area contributed by atoms with Gasteiger partial charge in [-0.3, -0.25) is 5.10 Å². The fourth-order valence-electron chi connectivity index (χ4n) is 3.98. The molecule has 1 fully saturated rings. The van der Waals surface area contributed by atoms with Crippen LogP contribution in [0.25, 0.3) is 0 Å². The standard InChI is InChI=1S/C23H26N6O/c1-17-13-22(26-25-17)24-23-21-8-7-20(28-9-11-30-12-10-28)14-19(21)16-29(27-23)15-18-5-3-2-4-6-18/h2-8,13-14H,9-12,15-16H2,1H3,(H2,24,25,26,27). The van der Waals surface area contributed by atoms with Crippen LogP contribution in [0.3, 0.4) is 0 Å². The van der Waals surface area contributed by atoms with Crippen molar-refractivity contribution < 1.29 is 4.74 Å². The molecule has 7 nitrogen and oxygen atoms in total. The van der Waals surface area contributed by atoms with Crippen molar-refractivity contribution in [2.24, 2.45) is 4.99 Å². The van der Waals surface area contributed by atoms with Crippen molar-refractivity contribution >= 4 is 17.3 Å². The highest BCUT2D eigenvalue weighted by Gasteiger charge is 2.23. The quantitative estimate of drug-likeness (QED) is 0.702. The summed E-state index contributed by atoms with van der Waals surface area (Å²) in [6.07, 6.45) is 0. The largest absolute Gasteiger partial charge is 0.378 e. The number of aromatic nitrogens is 2. The van der Waals surface area contributed by atoms with E-state index in [0.29, 0.717) is 5.82 Å². The SMILES string of the molecule is Cc1cc(N=C2NN(Cc3ccccc3)Cc3cc(N4CCOCC4)ccc32)n[nH]1. The maximum Gasteiger partial charge on any atom is 0.175 e. The molecule has 0 bridgehead atoms. The summed E-state index contributed by atoms with van der Waals surface area (Å²) in [6, 6.07) is 19.1. The lowest BCUT2D eigenvalue weighted by Crippen LogP contribution is -2.46. The zero-order valence-electron chi connectivity index (χ0n) is 17.1. The minimum absolute atomic E-state index is 0.680. The van der Waals surface area contributed by atoms with Crippen LogP contribution < -0.4 is 10.3 Å². The number of H-pyrrole nitrogens is 1. The van der Waals surface area contributed by atoms with Crippen molar-refractivity contribution in [3.8, 4) is 0 Å². The summed E-state index contributed by atoms with van der Waals surface area (Å²) in [5.41, 5.74) is 9.39. The Morgan fingerprint density at radius 2 is 1.90 bits per heavy atom. The number of amidine groups is 1. The van der Waals surface area contributed by atoms with Crippen molar-refractivity contribution in [2.75, 3.05) is 31.2 Å². The number of morpholine rings is 1. The molecule has 2 aromatic carbocycles. The summed E-state index contributed by atoms with van der Waals surface area (Å²) in [5, 5.41) is 9.47. The lowest BCUT2D eigenvalue weighted by Gasteiger charge is -2.34. The van der Waals surface area contributed by atoms with Gasteiger partial charge < -0.3 is 15.1 Å². The van der Waals surface area contributed by atoms with Crippen LogP contribution in [-0.2, 0) is 17.8 Å². The van der Waals surface area contributed by atoms with Gasteiger partial charge in [-0.05, 0) is 36.2 Å². The number of ether oxygens (including phenoxy) is 1. The molecule has 0 atom stereocenters. The van der Waals surface area contributed by atoms with E-state index in [-0.39, 0.29) is 0 Å². The van der Waals surface area contributed by atoms with Crippen LogP contribution in [0.15, 0.2) is 59.6 Å². The smallest absolute Gasteiger partial charge is 0.175 e. The van der Waals surface area contributed by atoms with Crippen molar-refractivity contribution in [2.45, 2.75) is 20.0 Å². The van der Waals surface area contributed by atoms with E-state index in [1.807, 2.05) is 19.1 Å². The first-order chi connectivity index (χ1) is 14.7. The summed E-state index contributed by atoms with van der Waals surface area (Å²) >= 11 is 0. The molecule has 7 heteroatoms. The second kappa shape index (κ2) is 8.30. The summed E-state index contributed by atoms with van der Waals surface area (Å²) in [5.74, 6) is 1.51. The number of rotatable bonds is 4. The highest BCUT2D eigenvalue weighted by Crippen LogP contribution is 2.26. The summed E-state index contributed by atoms with van der Waals surface area (Å²) in [7, 11) is 0. The summed E-state index contributed by atoms with van der Waals surface area (Å²) in [4.78, 5) is 7.19. The Balaban J connectivity index is 1.48. The zero-order chi connectivity index (χ0) is 20.3. The van der Waals surface area contributed by atoms with Crippen molar-refractivity contribution in [3.63, 3.8) is 0 Å². The van der Waals surface area contributed by atoms with Gasteiger partial charge in [-0.2, -0.15) is 5.10 Å². The normalized spacial score (nSPS) is 18.3. The molecule has 30 heavy (non-hydrogen) atoms. The Morgan fingerprint density at radius 1 is 1.07 bits per heavy atom. The van der Waals surface area contributed by atoms with Crippen LogP contribution in [0.1, 0.15) is 22.4 Å². The van der Waals surface area contributed by atoms with Gasteiger partial charge in [0.05, 0.1) is 13.2 Å². The molecule has 3 heterocycles. The van der Waals surface area contributed by atoms with Crippen LogP contribution in [0.2, 0.25) is 0 Å². The van der Waals surface area contributed by atoms with Crippen LogP contribution in [0, 0.1) is 6.92 Å². The second-order valence-corrected chi connectivity index (χ2v) is 7.76. The van der Waals surface area contributed by atoms with Gasteiger partial charge in [0.25, 0.3) is 0 Å². The molecule has 2 N–H and O–H groups in total. The van der Waals surface area contributed by atoms with Gasteiger partial charge in [-0.15, -0.1) is 0 Å². The topological polar surface area (TPSA) is 68.8 Å². The molecule has 5 rings (SSSR count). The predicted molar refractivity (Wildman–Crippen MR) is 118 cm³/mol. The van der Waals surface area contributed by atoms with Gasteiger partial charge in [-0.1, -0.05) is 30.3 Å². The van der Waals surface area contributed by atoms with E-state index in [9.17, 15) is 0 Å². The Labute approximate surface area is 176 Å². The van der Waals surface area contributed by atoms with Gasteiger partial charge in [0, 0.05) is 49.2 Å². The highest BCUT2D eigenvalue weighted by atomic mass is 16.5. The Kier molecular flexibility index (Phi) is 5.21. The fourth-order valence-corrected chi connectivity index (χ4v) is 3.98. The molecule has 2 aliphatic rings. The molecular weight excluding hydrogens is 376 g/mol. The molecule has 0 saturated carbocycles. The Morgan fingerprint density at radius 3 is 2.67 bits per heavy atom. The molecule has 2 aliphatic heterocycles. The lowest BCUT2D eigenvalue weighted by molar-refractivity contribution is 0.122. The summed E-state index contributed by atoms with van der Waals surface area (Å²) < 4.78 is 5.51. The number of benzene rings is 2. The molecule has 0 unspecified atom stereocenters. The zero-order valence-corrected chi connectivity index (χ0v) is 17.1.